The van der Waals surface area contributed by atoms with Gasteiger partial charge in [-0.3, -0.25) is 0 Å². The minimum atomic E-state index is -1.21. The van der Waals surface area contributed by atoms with Crippen molar-refractivity contribution < 1.29 is 8.78 Å². The van der Waals surface area contributed by atoms with Gasteiger partial charge in [0.2, 0.25) is 0 Å². The van der Waals surface area contributed by atoms with Crippen LogP contribution in [0.15, 0.2) is 12.2 Å². The summed E-state index contributed by atoms with van der Waals surface area (Å²) >= 11 is 5.52. The fourth-order valence-corrected chi connectivity index (χ4v) is 1.32. The lowest BCUT2D eigenvalue weighted by atomic mass is 9.93. The summed E-state index contributed by atoms with van der Waals surface area (Å²) in [5.41, 5.74) is 0.425. The molecular weight excluding hydrogens is 158 g/mol. The SMILES string of the molecule is C=C1CC(Cl)C(F)CC1F. The van der Waals surface area contributed by atoms with Crippen LogP contribution in [0.1, 0.15) is 12.8 Å². The van der Waals surface area contributed by atoms with E-state index in [1.807, 2.05) is 0 Å². The second-order valence-corrected chi connectivity index (χ2v) is 3.16. The summed E-state index contributed by atoms with van der Waals surface area (Å²) in [6, 6.07) is 0. The molecule has 0 N–H and O–H groups in total. The smallest absolute Gasteiger partial charge is 0.124 e. The Kier molecular flexibility index (Phi) is 2.29. The van der Waals surface area contributed by atoms with E-state index in [0.717, 1.165) is 0 Å². The molecule has 0 nitrogen and oxygen atoms in total. The van der Waals surface area contributed by atoms with Crippen molar-refractivity contribution in [3.8, 4) is 0 Å². The van der Waals surface area contributed by atoms with Crippen LogP contribution in [-0.4, -0.2) is 17.7 Å². The van der Waals surface area contributed by atoms with Crippen LogP contribution in [0, 0.1) is 0 Å². The van der Waals surface area contributed by atoms with Gasteiger partial charge >= 0.3 is 0 Å². The highest BCUT2D eigenvalue weighted by Gasteiger charge is 2.31. The van der Waals surface area contributed by atoms with E-state index in [9.17, 15) is 8.78 Å². The van der Waals surface area contributed by atoms with Crippen LogP contribution in [-0.2, 0) is 0 Å². The van der Waals surface area contributed by atoms with E-state index in [2.05, 4.69) is 6.58 Å². The molecule has 3 atom stereocenters. The third-order valence-corrected chi connectivity index (χ3v) is 2.15. The highest BCUT2D eigenvalue weighted by atomic mass is 35.5. The van der Waals surface area contributed by atoms with Gasteiger partial charge in [0, 0.05) is 6.42 Å². The number of rotatable bonds is 0. The van der Waals surface area contributed by atoms with Gasteiger partial charge in [0.15, 0.2) is 0 Å². The summed E-state index contributed by atoms with van der Waals surface area (Å²) in [6.07, 6.45) is -2.25. The van der Waals surface area contributed by atoms with Gasteiger partial charge in [-0.2, -0.15) is 0 Å². The van der Waals surface area contributed by atoms with Gasteiger partial charge in [-0.25, -0.2) is 8.78 Å². The summed E-state index contributed by atoms with van der Waals surface area (Å²) in [4.78, 5) is 0. The summed E-state index contributed by atoms with van der Waals surface area (Å²) in [7, 11) is 0. The number of allylic oxidation sites excluding steroid dienone is 1. The molecule has 0 spiro atoms. The van der Waals surface area contributed by atoms with Crippen molar-refractivity contribution in [2.45, 2.75) is 30.6 Å². The molecule has 0 heterocycles. The van der Waals surface area contributed by atoms with E-state index in [-0.39, 0.29) is 12.8 Å². The Morgan fingerprint density at radius 1 is 1.50 bits per heavy atom. The Balaban J connectivity index is 2.54. The maximum atomic E-state index is 12.6. The number of alkyl halides is 3. The molecule has 0 bridgehead atoms. The fraction of sp³-hybridized carbons (Fsp3) is 0.714. The van der Waals surface area contributed by atoms with E-state index in [1.54, 1.807) is 0 Å². The first-order valence-corrected chi connectivity index (χ1v) is 3.64. The second kappa shape index (κ2) is 2.87. The third-order valence-electron chi connectivity index (χ3n) is 1.72. The number of hydrogen-bond acceptors (Lipinski definition) is 0. The Morgan fingerprint density at radius 2 is 2.10 bits per heavy atom. The number of halogens is 3. The van der Waals surface area contributed by atoms with Crippen molar-refractivity contribution in [1.82, 2.24) is 0 Å². The Labute approximate surface area is 63.9 Å². The van der Waals surface area contributed by atoms with Crippen LogP contribution in [0.4, 0.5) is 8.78 Å². The lowest BCUT2D eigenvalue weighted by Gasteiger charge is -2.25. The molecule has 1 saturated carbocycles. The quantitative estimate of drug-likeness (QED) is 0.383. The fourth-order valence-electron chi connectivity index (χ4n) is 1.02. The van der Waals surface area contributed by atoms with E-state index >= 15 is 0 Å². The van der Waals surface area contributed by atoms with Crippen molar-refractivity contribution in [3.05, 3.63) is 12.2 Å². The van der Waals surface area contributed by atoms with Gasteiger partial charge < -0.3 is 0 Å². The first kappa shape index (κ1) is 7.99. The van der Waals surface area contributed by atoms with Gasteiger partial charge in [0.1, 0.15) is 12.3 Å². The molecule has 1 rings (SSSR count). The van der Waals surface area contributed by atoms with Crippen molar-refractivity contribution >= 4 is 11.6 Å². The molecule has 3 unspecified atom stereocenters. The summed E-state index contributed by atoms with van der Waals surface area (Å²) in [5, 5.41) is -0.570. The first-order valence-electron chi connectivity index (χ1n) is 3.21. The highest BCUT2D eigenvalue weighted by molar-refractivity contribution is 6.21. The first-order chi connectivity index (χ1) is 4.61. The molecular formula is C7H9ClF2. The Hall–Kier alpha value is -0.110. The highest BCUT2D eigenvalue weighted by Crippen LogP contribution is 2.30. The van der Waals surface area contributed by atoms with Crippen LogP contribution in [0.5, 0.6) is 0 Å². The predicted molar refractivity (Wildman–Crippen MR) is 37.8 cm³/mol. The minimum Gasteiger partial charge on any atom is -0.246 e. The van der Waals surface area contributed by atoms with Crippen molar-refractivity contribution in [3.63, 3.8) is 0 Å². The molecule has 0 amide bonds. The van der Waals surface area contributed by atoms with Crippen molar-refractivity contribution in [2.24, 2.45) is 0 Å². The topological polar surface area (TPSA) is 0 Å². The Bertz CT molecular complexity index is 147. The molecule has 1 aliphatic carbocycles. The van der Waals surface area contributed by atoms with E-state index in [1.165, 1.54) is 0 Å². The maximum Gasteiger partial charge on any atom is 0.124 e. The van der Waals surface area contributed by atoms with Crippen LogP contribution >= 0.6 is 11.6 Å². The average Bonchev–Trinajstić information content (AvgIpc) is 1.84. The van der Waals surface area contributed by atoms with Gasteiger partial charge in [-0.1, -0.05) is 6.58 Å². The Morgan fingerprint density at radius 3 is 2.60 bits per heavy atom. The van der Waals surface area contributed by atoms with Gasteiger partial charge in [0.25, 0.3) is 0 Å². The molecule has 0 radical (unpaired) electrons. The normalized spacial score (nSPS) is 41.9. The largest absolute Gasteiger partial charge is 0.246 e. The maximum absolute atomic E-state index is 12.6. The molecule has 10 heavy (non-hydrogen) atoms. The second-order valence-electron chi connectivity index (χ2n) is 2.60. The van der Waals surface area contributed by atoms with Gasteiger partial charge in [-0.05, 0) is 12.0 Å². The average molecular weight is 167 g/mol. The molecule has 1 fully saturated rings. The zero-order valence-electron chi connectivity index (χ0n) is 5.49. The molecule has 3 heteroatoms. The molecule has 58 valence electrons. The van der Waals surface area contributed by atoms with Crippen LogP contribution in [0.25, 0.3) is 0 Å². The predicted octanol–water partition coefficient (Wildman–Crippen LogP) is 2.62. The monoisotopic (exact) mass is 166 g/mol. The molecule has 0 aromatic rings. The van der Waals surface area contributed by atoms with Crippen molar-refractivity contribution in [1.29, 1.82) is 0 Å². The summed E-state index contributed by atoms with van der Waals surface area (Å²) < 4.78 is 25.2. The summed E-state index contributed by atoms with van der Waals surface area (Å²) in [6.45, 7) is 3.45. The lowest BCUT2D eigenvalue weighted by Crippen LogP contribution is -2.29. The van der Waals surface area contributed by atoms with E-state index in [4.69, 9.17) is 11.6 Å². The molecule has 0 aliphatic heterocycles. The number of hydrogen-bond donors (Lipinski definition) is 0. The van der Waals surface area contributed by atoms with Crippen LogP contribution in [0.2, 0.25) is 0 Å². The lowest BCUT2D eigenvalue weighted by molar-refractivity contribution is 0.204. The van der Waals surface area contributed by atoms with Crippen molar-refractivity contribution in [2.75, 3.05) is 0 Å². The minimum absolute atomic E-state index is 0.118. The molecule has 0 aromatic heterocycles. The van der Waals surface area contributed by atoms with Crippen LogP contribution < -0.4 is 0 Å². The zero-order valence-corrected chi connectivity index (χ0v) is 6.24. The third kappa shape index (κ3) is 1.48. The van der Waals surface area contributed by atoms with Gasteiger partial charge in [-0.15, -0.1) is 11.6 Å². The van der Waals surface area contributed by atoms with E-state index < -0.39 is 17.7 Å². The summed E-state index contributed by atoms with van der Waals surface area (Å²) in [5.74, 6) is 0. The zero-order chi connectivity index (χ0) is 7.72. The van der Waals surface area contributed by atoms with Gasteiger partial charge in [0.05, 0.1) is 5.38 Å². The molecule has 0 saturated heterocycles. The van der Waals surface area contributed by atoms with Crippen LogP contribution in [0.3, 0.4) is 0 Å². The van der Waals surface area contributed by atoms with E-state index in [0.29, 0.717) is 5.57 Å². The standard InChI is InChI=1S/C7H9ClF2/c1-4-2-5(8)7(10)3-6(4)9/h5-7H,1-3H2. The molecule has 1 aliphatic rings. The molecule has 0 aromatic carbocycles.